The van der Waals surface area contributed by atoms with E-state index in [0.717, 1.165) is 6.42 Å². The van der Waals surface area contributed by atoms with Crippen LogP contribution in [-0.2, 0) is 21.7 Å². The van der Waals surface area contributed by atoms with Gasteiger partial charge >= 0.3 is 21.7 Å². The van der Waals surface area contributed by atoms with Gasteiger partial charge in [-0.25, -0.2) is 6.08 Å². The Morgan fingerprint density at radius 1 is 1.10 bits per heavy atom. The Morgan fingerprint density at radius 2 is 1.48 bits per heavy atom. The first-order valence-corrected chi connectivity index (χ1v) is 5.12. The van der Waals surface area contributed by atoms with Crippen molar-refractivity contribution in [2.24, 2.45) is 0 Å². The molecule has 21 heavy (non-hydrogen) atoms. The summed E-state index contributed by atoms with van der Waals surface area (Å²) in [6.07, 6.45) is 12.3. The van der Waals surface area contributed by atoms with Crippen LogP contribution in [0.2, 0.25) is 0 Å². The van der Waals surface area contributed by atoms with Gasteiger partial charge in [0, 0.05) is 0 Å². The second-order valence-electron chi connectivity index (χ2n) is 4.52. The van der Waals surface area contributed by atoms with E-state index >= 15 is 0 Å². The van der Waals surface area contributed by atoms with E-state index in [2.05, 4.69) is 16.7 Å². The van der Waals surface area contributed by atoms with Crippen molar-refractivity contribution in [2.45, 2.75) is 32.7 Å². The number of nitrogens with zero attached hydrogens (tertiary/aromatic N) is 1. The van der Waals surface area contributed by atoms with Gasteiger partial charge in [0.2, 0.25) is 0 Å². The second-order valence-corrected chi connectivity index (χ2v) is 4.52. The number of nitrogens with one attached hydrogen (secondary N) is 1. The number of allylic oxidation sites excluding steroid dienone is 4. The van der Waals surface area contributed by atoms with Crippen molar-refractivity contribution in [1.82, 2.24) is 4.57 Å². The molecule has 0 saturated heterocycles. The van der Waals surface area contributed by atoms with Crippen molar-refractivity contribution in [3.8, 4) is 0 Å². The summed E-state index contributed by atoms with van der Waals surface area (Å²) in [5, 5.41) is 0. The van der Waals surface area contributed by atoms with E-state index in [0.29, 0.717) is 0 Å². The van der Waals surface area contributed by atoms with Crippen LogP contribution in [0, 0.1) is 20.9 Å². The van der Waals surface area contributed by atoms with Crippen LogP contribution in [0.1, 0.15) is 27.2 Å². The van der Waals surface area contributed by atoms with E-state index in [4.69, 9.17) is 5.73 Å². The number of halogens is 2. The first-order valence-electron chi connectivity index (χ1n) is 5.12. The molecule has 1 aliphatic rings. The fraction of sp³-hybridized carbons (Fsp3) is 0.333. The SMILES string of the molecule is CC(C)(C)[NH-].[C-]1=CC(n2cccc2)=CC1.[CH3-].[CH3-].[Cl-].[Cl-].[SiH4].[Ti+2]. The number of hydrogen-bond donors (Lipinski definition) is 0. The van der Waals surface area contributed by atoms with Crippen molar-refractivity contribution >= 4 is 16.7 Å². The molecule has 1 N–H and O–H groups in total. The van der Waals surface area contributed by atoms with Crippen LogP contribution in [0.5, 0.6) is 0 Å². The van der Waals surface area contributed by atoms with E-state index in [1.165, 1.54) is 5.70 Å². The minimum absolute atomic E-state index is 0. The molecule has 0 spiro atoms. The van der Waals surface area contributed by atoms with E-state index in [1.54, 1.807) is 0 Å². The Bertz CT molecular complexity index is 352. The van der Waals surface area contributed by atoms with Crippen molar-refractivity contribution < 1.29 is 46.5 Å². The predicted molar refractivity (Wildman–Crippen MR) is 89.4 cm³/mol. The van der Waals surface area contributed by atoms with Gasteiger partial charge in [-0.1, -0.05) is 20.8 Å². The zero-order valence-electron chi connectivity index (χ0n) is 12.9. The van der Waals surface area contributed by atoms with Crippen LogP contribution >= 0.6 is 0 Å². The fourth-order valence-corrected chi connectivity index (χ4v) is 1.07. The third kappa shape index (κ3) is 20.2. The summed E-state index contributed by atoms with van der Waals surface area (Å²) in [5.74, 6) is 0. The van der Waals surface area contributed by atoms with Gasteiger partial charge in [0.05, 0.1) is 0 Å². The molecular formula is C15H28Cl2N2SiTi-4. The molecule has 0 amide bonds. The van der Waals surface area contributed by atoms with Crippen molar-refractivity contribution in [3.05, 3.63) is 63.3 Å². The van der Waals surface area contributed by atoms with Gasteiger partial charge in [0.1, 0.15) is 0 Å². The average molecular weight is 383 g/mol. The van der Waals surface area contributed by atoms with E-state index in [-0.39, 0.29) is 77.9 Å². The summed E-state index contributed by atoms with van der Waals surface area (Å²) in [5.41, 5.74) is 7.91. The van der Waals surface area contributed by atoms with Gasteiger partial charge in [-0.15, -0.1) is 17.7 Å². The summed E-state index contributed by atoms with van der Waals surface area (Å²) in [6, 6.07) is 4.04. The van der Waals surface area contributed by atoms with Crippen molar-refractivity contribution in [2.75, 3.05) is 0 Å². The Kier molecular flexibility index (Phi) is 32.6. The van der Waals surface area contributed by atoms with Crippen LogP contribution in [0.3, 0.4) is 0 Å². The van der Waals surface area contributed by atoms with Crippen LogP contribution in [0.15, 0.2) is 36.7 Å². The largest absolute Gasteiger partial charge is 2.00 e. The first-order chi connectivity index (χ1) is 6.97. The van der Waals surface area contributed by atoms with Gasteiger partial charge in [-0.3, -0.25) is 6.08 Å². The van der Waals surface area contributed by atoms with E-state index in [1.807, 2.05) is 51.4 Å². The quantitative estimate of drug-likeness (QED) is 0.376. The minimum Gasteiger partial charge on any atom is -1.00 e. The molecule has 0 aromatic carbocycles. The summed E-state index contributed by atoms with van der Waals surface area (Å²) in [4.78, 5) is 0. The zero-order valence-corrected chi connectivity index (χ0v) is 15.9. The summed E-state index contributed by atoms with van der Waals surface area (Å²) in [7, 11) is 0. The summed E-state index contributed by atoms with van der Waals surface area (Å²) in [6.45, 7) is 5.56. The third-order valence-electron chi connectivity index (χ3n) is 1.58. The smallest absolute Gasteiger partial charge is 1.00 e. The van der Waals surface area contributed by atoms with Crippen molar-refractivity contribution in [1.29, 1.82) is 0 Å². The standard InChI is InChI=1S/C9H8N.C4H10N.2CH3.2ClH.H4Si.Ti/c1-2-6-9(5-1)10-7-3-4-8-10;1-4(2,3)5;;;;;;/h3-8H,1H2;5H,1-3H3;2*1H3;2*1H;1H4;/q4*-1;;;;+2/p-2. The number of hydrogen-bond acceptors (Lipinski definition) is 0. The molecule has 0 atom stereocenters. The molecule has 124 valence electrons. The number of aromatic nitrogens is 1. The maximum Gasteiger partial charge on any atom is 2.00 e. The molecule has 1 aliphatic carbocycles. The van der Waals surface area contributed by atoms with Gasteiger partial charge in [0.15, 0.2) is 0 Å². The second kappa shape index (κ2) is 18.3. The third-order valence-corrected chi connectivity index (χ3v) is 1.58. The van der Waals surface area contributed by atoms with Crippen LogP contribution in [-0.4, -0.2) is 21.1 Å². The van der Waals surface area contributed by atoms with Gasteiger partial charge in [0.25, 0.3) is 0 Å². The topological polar surface area (TPSA) is 28.7 Å². The molecule has 1 aromatic heterocycles. The van der Waals surface area contributed by atoms with E-state index in [9.17, 15) is 0 Å². The summed E-state index contributed by atoms with van der Waals surface area (Å²) < 4.78 is 2.08. The Morgan fingerprint density at radius 3 is 1.76 bits per heavy atom. The van der Waals surface area contributed by atoms with Crippen LogP contribution < -0.4 is 24.8 Å². The molecule has 1 heterocycles. The van der Waals surface area contributed by atoms with Gasteiger partial charge < -0.3 is 50.0 Å². The summed E-state index contributed by atoms with van der Waals surface area (Å²) >= 11 is 0. The molecule has 2 rings (SSSR count). The molecule has 0 fully saturated rings. The first kappa shape index (κ1) is 37.5. The maximum absolute atomic E-state index is 6.94. The average Bonchev–Trinajstić information content (AvgIpc) is 2.73. The molecule has 2 nitrogen and oxygen atoms in total. The Labute approximate surface area is 163 Å². The fourth-order valence-electron chi connectivity index (χ4n) is 1.07. The minimum atomic E-state index is -0.250. The number of rotatable bonds is 1. The molecule has 0 radical (unpaired) electrons. The molecule has 0 saturated carbocycles. The normalized spacial score (nSPS) is 10.4. The molecular weight excluding hydrogens is 355 g/mol. The van der Waals surface area contributed by atoms with Crippen molar-refractivity contribution in [3.63, 3.8) is 0 Å². The predicted octanol–water partition coefficient (Wildman–Crippen LogP) is -2.62. The molecule has 6 heteroatoms. The van der Waals surface area contributed by atoms with Crippen LogP contribution in [0.4, 0.5) is 0 Å². The van der Waals surface area contributed by atoms with Crippen LogP contribution in [0.25, 0.3) is 11.4 Å². The molecule has 0 unspecified atom stereocenters. The molecule has 1 aromatic rings. The Balaban J connectivity index is -0.0000000469. The zero-order chi connectivity index (χ0) is 11.3. The Hall–Kier alpha value is 0.231. The van der Waals surface area contributed by atoms with Gasteiger partial charge in [-0.2, -0.15) is 6.08 Å². The maximum atomic E-state index is 6.94. The molecule has 0 bridgehead atoms. The monoisotopic (exact) mass is 382 g/mol. The molecule has 0 aliphatic heterocycles. The van der Waals surface area contributed by atoms with E-state index < -0.39 is 0 Å². The van der Waals surface area contributed by atoms with Gasteiger partial charge in [-0.05, 0) is 35.5 Å².